The Morgan fingerprint density at radius 3 is 2.68 bits per heavy atom. The third kappa shape index (κ3) is 5.19. The fourth-order valence-electron chi connectivity index (χ4n) is 3.04. The first-order chi connectivity index (χ1) is 11.9. The van der Waals surface area contributed by atoms with Crippen LogP contribution in [0.15, 0.2) is 18.2 Å². The minimum Gasteiger partial charge on any atom is -0.383 e. The number of anilines is 1. The Labute approximate surface area is 149 Å². The SMILES string of the molecule is COCCNC(=O)[C@H]1CC[C@H](C)N(C(=O)Nc2ccc(C)c(C)c2)C1. The third-order valence-corrected chi connectivity index (χ3v) is 4.88. The summed E-state index contributed by atoms with van der Waals surface area (Å²) >= 11 is 0. The molecule has 0 spiro atoms. The maximum absolute atomic E-state index is 12.7. The van der Waals surface area contributed by atoms with E-state index >= 15 is 0 Å². The quantitative estimate of drug-likeness (QED) is 0.805. The minimum absolute atomic E-state index is 0.00655. The lowest BCUT2D eigenvalue weighted by atomic mass is 9.93. The number of hydrogen-bond donors (Lipinski definition) is 2. The Kier molecular flexibility index (Phi) is 6.82. The van der Waals surface area contributed by atoms with Crippen LogP contribution < -0.4 is 10.6 Å². The summed E-state index contributed by atoms with van der Waals surface area (Å²) in [7, 11) is 1.60. The van der Waals surface area contributed by atoms with E-state index in [2.05, 4.69) is 10.6 Å². The van der Waals surface area contributed by atoms with Gasteiger partial charge in [-0.05, 0) is 56.9 Å². The van der Waals surface area contributed by atoms with E-state index in [4.69, 9.17) is 4.74 Å². The number of carbonyl (C=O) groups excluding carboxylic acids is 2. The zero-order chi connectivity index (χ0) is 18.4. The van der Waals surface area contributed by atoms with Gasteiger partial charge in [0.1, 0.15) is 0 Å². The topological polar surface area (TPSA) is 70.7 Å². The van der Waals surface area contributed by atoms with E-state index in [-0.39, 0.29) is 23.9 Å². The molecule has 0 radical (unpaired) electrons. The molecule has 1 saturated heterocycles. The summed E-state index contributed by atoms with van der Waals surface area (Å²) in [5, 5.41) is 5.83. The molecular weight excluding hydrogens is 318 g/mol. The molecule has 0 aromatic heterocycles. The van der Waals surface area contributed by atoms with Gasteiger partial charge < -0.3 is 20.3 Å². The molecule has 3 amide bonds. The van der Waals surface area contributed by atoms with Crippen molar-refractivity contribution in [1.82, 2.24) is 10.2 Å². The maximum Gasteiger partial charge on any atom is 0.322 e. The van der Waals surface area contributed by atoms with Crippen molar-refractivity contribution in [2.45, 2.75) is 39.7 Å². The molecule has 0 saturated carbocycles. The molecule has 1 aromatic rings. The van der Waals surface area contributed by atoms with Crippen LogP contribution in [-0.4, -0.2) is 49.7 Å². The summed E-state index contributed by atoms with van der Waals surface area (Å²) in [6.45, 7) is 7.52. The lowest BCUT2D eigenvalue weighted by Gasteiger charge is -2.37. The van der Waals surface area contributed by atoms with Crippen molar-refractivity contribution in [2.24, 2.45) is 5.92 Å². The number of aryl methyl sites for hydroxylation is 2. The Morgan fingerprint density at radius 1 is 1.24 bits per heavy atom. The highest BCUT2D eigenvalue weighted by Crippen LogP contribution is 2.23. The van der Waals surface area contributed by atoms with E-state index < -0.39 is 0 Å². The number of carbonyl (C=O) groups is 2. The Bertz CT molecular complexity index is 618. The summed E-state index contributed by atoms with van der Waals surface area (Å²) in [6, 6.07) is 5.84. The van der Waals surface area contributed by atoms with E-state index in [0.29, 0.717) is 19.7 Å². The number of methoxy groups -OCH3 is 1. The van der Waals surface area contributed by atoms with Crippen molar-refractivity contribution in [2.75, 3.05) is 32.1 Å². The minimum atomic E-state index is -0.168. The van der Waals surface area contributed by atoms with Gasteiger partial charge in [0.15, 0.2) is 0 Å². The second kappa shape index (κ2) is 8.85. The maximum atomic E-state index is 12.7. The van der Waals surface area contributed by atoms with Crippen LogP contribution in [0.3, 0.4) is 0 Å². The van der Waals surface area contributed by atoms with Gasteiger partial charge in [0.05, 0.1) is 12.5 Å². The zero-order valence-corrected chi connectivity index (χ0v) is 15.6. The van der Waals surface area contributed by atoms with Gasteiger partial charge in [0.2, 0.25) is 5.91 Å². The van der Waals surface area contributed by atoms with Crippen LogP contribution in [0.5, 0.6) is 0 Å². The van der Waals surface area contributed by atoms with Crippen molar-refractivity contribution in [3.63, 3.8) is 0 Å². The number of nitrogens with zero attached hydrogens (tertiary/aromatic N) is 1. The second-order valence-electron chi connectivity index (χ2n) is 6.79. The summed E-state index contributed by atoms with van der Waals surface area (Å²) in [4.78, 5) is 26.7. The molecule has 1 fully saturated rings. The summed E-state index contributed by atoms with van der Waals surface area (Å²) in [5.41, 5.74) is 3.11. The Balaban J connectivity index is 1.97. The van der Waals surface area contributed by atoms with Crippen LogP contribution >= 0.6 is 0 Å². The Morgan fingerprint density at radius 2 is 2.00 bits per heavy atom. The molecule has 6 nitrogen and oxygen atoms in total. The first kappa shape index (κ1) is 19.2. The monoisotopic (exact) mass is 347 g/mol. The third-order valence-electron chi connectivity index (χ3n) is 4.88. The van der Waals surface area contributed by atoms with Gasteiger partial charge in [-0.15, -0.1) is 0 Å². The van der Waals surface area contributed by atoms with Crippen LogP contribution in [0.2, 0.25) is 0 Å². The number of rotatable bonds is 5. The molecule has 1 aliphatic rings. The fourth-order valence-corrected chi connectivity index (χ4v) is 3.04. The second-order valence-corrected chi connectivity index (χ2v) is 6.79. The normalized spacial score (nSPS) is 20.2. The molecule has 1 aliphatic heterocycles. The van der Waals surface area contributed by atoms with Crippen LogP contribution in [0.25, 0.3) is 0 Å². The van der Waals surface area contributed by atoms with Crippen molar-refractivity contribution < 1.29 is 14.3 Å². The van der Waals surface area contributed by atoms with Gasteiger partial charge in [0.25, 0.3) is 0 Å². The number of amides is 3. The lowest BCUT2D eigenvalue weighted by Crippen LogP contribution is -2.51. The zero-order valence-electron chi connectivity index (χ0n) is 15.6. The van der Waals surface area contributed by atoms with Gasteiger partial charge in [0, 0.05) is 31.9 Å². The van der Waals surface area contributed by atoms with E-state index in [1.54, 1.807) is 12.0 Å². The molecule has 2 N–H and O–H groups in total. The fraction of sp³-hybridized carbons (Fsp3) is 0.579. The number of benzene rings is 1. The summed E-state index contributed by atoms with van der Waals surface area (Å²) < 4.78 is 4.95. The highest BCUT2D eigenvalue weighted by molar-refractivity contribution is 5.90. The van der Waals surface area contributed by atoms with E-state index in [0.717, 1.165) is 24.1 Å². The summed E-state index contributed by atoms with van der Waals surface area (Å²) in [6.07, 6.45) is 1.62. The van der Waals surface area contributed by atoms with Crippen LogP contribution in [-0.2, 0) is 9.53 Å². The van der Waals surface area contributed by atoms with E-state index in [1.807, 2.05) is 39.0 Å². The summed E-state index contributed by atoms with van der Waals surface area (Å²) in [5.74, 6) is -0.175. The molecule has 138 valence electrons. The first-order valence-electron chi connectivity index (χ1n) is 8.84. The number of likely N-dealkylation sites (tertiary alicyclic amines) is 1. The molecule has 1 aromatic carbocycles. The van der Waals surface area contributed by atoms with Gasteiger partial charge in [-0.3, -0.25) is 4.79 Å². The molecule has 0 aliphatic carbocycles. The highest BCUT2D eigenvalue weighted by atomic mass is 16.5. The molecule has 25 heavy (non-hydrogen) atoms. The molecule has 1 heterocycles. The van der Waals surface area contributed by atoms with Gasteiger partial charge >= 0.3 is 6.03 Å². The molecular formula is C19H29N3O3. The van der Waals surface area contributed by atoms with E-state index in [1.165, 1.54) is 5.56 Å². The first-order valence-corrected chi connectivity index (χ1v) is 8.84. The molecule has 2 atom stereocenters. The largest absolute Gasteiger partial charge is 0.383 e. The van der Waals surface area contributed by atoms with Crippen LogP contribution in [0.1, 0.15) is 30.9 Å². The van der Waals surface area contributed by atoms with Gasteiger partial charge in [-0.2, -0.15) is 0 Å². The molecule has 0 unspecified atom stereocenters. The number of nitrogens with one attached hydrogen (secondary N) is 2. The smallest absolute Gasteiger partial charge is 0.322 e. The molecule has 0 bridgehead atoms. The van der Waals surface area contributed by atoms with Crippen LogP contribution in [0, 0.1) is 19.8 Å². The lowest BCUT2D eigenvalue weighted by molar-refractivity contribution is -0.126. The molecule has 2 rings (SSSR count). The molecule has 6 heteroatoms. The number of urea groups is 1. The van der Waals surface area contributed by atoms with Gasteiger partial charge in [-0.1, -0.05) is 6.07 Å². The van der Waals surface area contributed by atoms with Gasteiger partial charge in [-0.25, -0.2) is 4.79 Å². The van der Waals surface area contributed by atoms with Crippen molar-refractivity contribution >= 4 is 17.6 Å². The average Bonchev–Trinajstić information content (AvgIpc) is 2.58. The number of ether oxygens (including phenoxy) is 1. The van der Waals surface area contributed by atoms with Crippen LogP contribution in [0.4, 0.5) is 10.5 Å². The standard InChI is InChI=1S/C19H29N3O3/c1-13-5-8-17(11-14(13)2)21-19(24)22-12-16(7-6-15(22)3)18(23)20-9-10-25-4/h5,8,11,15-16H,6-7,9-10,12H2,1-4H3,(H,20,23)(H,21,24)/t15-,16-/m0/s1. The average molecular weight is 347 g/mol. The predicted octanol–water partition coefficient (Wildman–Crippen LogP) is 2.70. The van der Waals surface area contributed by atoms with Crippen molar-refractivity contribution in [1.29, 1.82) is 0 Å². The number of piperidine rings is 1. The highest BCUT2D eigenvalue weighted by Gasteiger charge is 2.32. The van der Waals surface area contributed by atoms with Crippen molar-refractivity contribution in [3.05, 3.63) is 29.3 Å². The Hall–Kier alpha value is -2.08. The predicted molar refractivity (Wildman–Crippen MR) is 98.7 cm³/mol. The van der Waals surface area contributed by atoms with E-state index in [9.17, 15) is 9.59 Å². The number of hydrogen-bond acceptors (Lipinski definition) is 3. The van der Waals surface area contributed by atoms with Crippen molar-refractivity contribution in [3.8, 4) is 0 Å².